The van der Waals surface area contributed by atoms with E-state index in [4.69, 9.17) is 0 Å². The number of quaternary nitrogens is 1. The monoisotopic (exact) mass is 497 g/mol. The second-order valence-electron chi connectivity index (χ2n) is 12.5. The minimum absolute atomic E-state index is 0.186. The van der Waals surface area contributed by atoms with Gasteiger partial charge < -0.3 is 9.59 Å². The van der Waals surface area contributed by atoms with Gasteiger partial charge in [-0.05, 0) is 19.8 Å². The van der Waals surface area contributed by atoms with Crippen molar-refractivity contribution in [3.05, 3.63) is 0 Å². The van der Waals surface area contributed by atoms with Gasteiger partial charge in [-0.1, -0.05) is 161 Å². The smallest absolute Gasteiger partial charge is 0.104 e. The van der Waals surface area contributed by atoms with E-state index in [-0.39, 0.29) is 6.10 Å². The van der Waals surface area contributed by atoms with E-state index < -0.39 is 0 Å². The van der Waals surface area contributed by atoms with Crippen molar-refractivity contribution < 1.29 is 9.59 Å². The molecule has 35 heavy (non-hydrogen) atoms. The minimum Gasteiger partial charge on any atom is -0.388 e. The lowest BCUT2D eigenvalue weighted by molar-refractivity contribution is -0.893. The predicted octanol–water partition coefficient (Wildman–Crippen LogP) is 10.6. The van der Waals surface area contributed by atoms with E-state index >= 15 is 0 Å². The quantitative estimate of drug-likeness (QED) is 0.0806. The number of aliphatic hydroxyl groups excluding tert-OH is 1. The zero-order chi connectivity index (χ0) is 25.9. The van der Waals surface area contributed by atoms with Crippen molar-refractivity contribution in [1.29, 1.82) is 0 Å². The van der Waals surface area contributed by atoms with Gasteiger partial charge in [-0.15, -0.1) is 0 Å². The first-order chi connectivity index (χ1) is 17.0. The van der Waals surface area contributed by atoms with Gasteiger partial charge in [-0.25, -0.2) is 0 Å². The van der Waals surface area contributed by atoms with Crippen molar-refractivity contribution in [2.24, 2.45) is 0 Å². The molecule has 0 amide bonds. The van der Waals surface area contributed by atoms with Crippen molar-refractivity contribution in [3.8, 4) is 0 Å². The average molecular weight is 497 g/mol. The van der Waals surface area contributed by atoms with Crippen LogP contribution in [-0.4, -0.2) is 42.9 Å². The zero-order valence-corrected chi connectivity index (χ0v) is 25.3. The molecule has 0 aliphatic rings. The van der Waals surface area contributed by atoms with Gasteiger partial charge in [-0.2, -0.15) is 0 Å². The van der Waals surface area contributed by atoms with E-state index in [0.717, 1.165) is 11.0 Å². The van der Waals surface area contributed by atoms with Crippen molar-refractivity contribution in [2.75, 3.05) is 27.2 Å². The number of rotatable bonds is 29. The Morgan fingerprint density at radius 3 is 0.886 bits per heavy atom. The first-order valence-electron chi connectivity index (χ1n) is 16.5. The van der Waals surface area contributed by atoms with Crippen molar-refractivity contribution in [2.45, 2.75) is 187 Å². The topological polar surface area (TPSA) is 20.2 Å². The van der Waals surface area contributed by atoms with Crippen LogP contribution in [0.4, 0.5) is 0 Å². The second-order valence-corrected chi connectivity index (χ2v) is 12.5. The molecule has 0 aliphatic carbocycles. The standard InChI is InChI=1S/C33H70NO/c1-5-6-7-8-9-10-11-12-13-14-15-16-17-18-19-20-21-22-23-24-25-26-27-28-29-30-31-34(3,4)32-33(2)35/h33,35H,5-32H2,1-4H3/q+1. The number of hydrogen-bond donors (Lipinski definition) is 1. The molecule has 0 spiro atoms. The van der Waals surface area contributed by atoms with Gasteiger partial charge in [0.1, 0.15) is 12.6 Å². The van der Waals surface area contributed by atoms with Crippen molar-refractivity contribution >= 4 is 0 Å². The van der Waals surface area contributed by atoms with Gasteiger partial charge in [0.15, 0.2) is 0 Å². The van der Waals surface area contributed by atoms with E-state index in [2.05, 4.69) is 21.0 Å². The van der Waals surface area contributed by atoms with Gasteiger partial charge >= 0.3 is 0 Å². The summed E-state index contributed by atoms with van der Waals surface area (Å²) in [6.07, 6.45) is 37.5. The molecule has 0 radical (unpaired) electrons. The van der Waals surface area contributed by atoms with Gasteiger partial charge in [-0.3, -0.25) is 0 Å². The van der Waals surface area contributed by atoms with Crippen LogP contribution in [0.3, 0.4) is 0 Å². The van der Waals surface area contributed by atoms with Crippen molar-refractivity contribution in [1.82, 2.24) is 0 Å². The van der Waals surface area contributed by atoms with E-state index in [9.17, 15) is 5.11 Å². The lowest BCUT2D eigenvalue weighted by Gasteiger charge is -2.31. The molecule has 0 aromatic carbocycles. The molecule has 1 atom stereocenters. The fourth-order valence-electron chi connectivity index (χ4n) is 5.66. The Morgan fingerprint density at radius 2 is 0.657 bits per heavy atom. The van der Waals surface area contributed by atoms with E-state index in [1.165, 1.54) is 173 Å². The minimum atomic E-state index is -0.186. The first-order valence-corrected chi connectivity index (χ1v) is 16.5. The number of likely N-dealkylation sites (N-methyl/N-ethyl adjacent to an activating group) is 1. The van der Waals surface area contributed by atoms with E-state index in [0.29, 0.717) is 0 Å². The van der Waals surface area contributed by atoms with Crippen LogP contribution in [0.15, 0.2) is 0 Å². The summed E-state index contributed by atoms with van der Waals surface area (Å²) in [5.41, 5.74) is 0. The summed E-state index contributed by atoms with van der Waals surface area (Å²) < 4.78 is 0.955. The molecule has 212 valence electrons. The van der Waals surface area contributed by atoms with Gasteiger partial charge in [0, 0.05) is 0 Å². The normalized spacial score (nSPS) is 12.9. The largest absolute Gasteiger partial charge is 0.388 e. The lowest BCUT2D eigenvalue weighted by atomic mass is 10.0. The molecule has 1 unspecified atom stereocenters. The Labute approximate surface area is 223 Å². The Hall–Kier alpha value is -0.0800. The summed E-state index contributed by atoms with van der Waals surface area (Å²) in [6, 6.07) is 0. The van der Waals surface area contributed by atoms with Crippen LogP contribution >= 0.6 is 0 Å². The molecule has 0 heterocycles. The maximum Gasteiger partial charge on any atom is 0.104 e. The molecule has 1 N–H and O–H groups in total. The van der Waals surface area contributed by atoms with Gasteiger partial charge in [0.25, 0.3) is 0 Å². The molecule has 0 saturated heterocycles. The van der Waals surface area contributed by atoms with Crippen molar-refractivity contribution in [3.63, 3.8) is 0 Å². The summed E-state index contributed by atoms with van der Waals surface area (Å²) in [7, 11) is 4.49. The van der Waals surface area contributed by atoms with Crippen LogP contribution in [-0.2, 0) is 0 Å². The summed E-state index contributed by atoms with van der Waals surface area (Å²) in [6.45, 7) is 6.28. The molecule has 0 bridgehead atoms. The number of nitrogens with zero attached hydrogens (tertiary/aromatic N) is 1. The zero-order valence-electron chi connectivity index (χ0n) is 25.3. The molecule has 0 aromatic heterocycles. The third-order valence-corrected chi connectivity index (χ3v) is 7.88. The maximum absolute atomic E-state index is 9.57. The molecule has 0 fully saturated rings. The Bertz CT molecular complexity index is 393. The third-order valence-electron chi connectivity index (χ3n) is 7.88. The highest BCUT2D eigenvalue weighted by atomic mass is 16.3. The Balaban J connectivity index is 3.11. The average Bonchev–Trinajstić information content (AvgIpc) is 2.80. The molecular weight excluding hydrogens is 426 g/mol. The van der Waals surface area contributed by atoms with E-state index in [1.54, 1.807) is 0 Å². The summed E-state index contributed by atoms with van der Waals surface area (Å²) in [5.74, 6) is 0. The molecular formula is C33H70NO+. The third kappa shape index (κ3) is 30.0. The maximum atomic E-state index is 9.57. The number of aliphatic hydroxyl groups is 1. The molecule has 0 aromatic rings. The van der Waals surface area contributed by atoms with Gasteiger partial charge in [0.05, 0.1) is 20.6 Å². The van der Waals surface area contributed by atoms with Crippen LogP contribution in [0.25, 0.3) is 0 Å². The van der Waals surface area contributed by atoms with Crippen LogP contribution < -0.4 is 0 Å². The first kappa shape index (κ1) is 34.9. The van der Waals surface area contributed by atoms with Gasteiger partial charge in [0.2, 0.25) is 0 Å². The van der Waals surface area contributed by atoms with Crippen LogP contribution in [0.5, 0.6) is 0 Å². The highest BCUT2D eigenvalue weighted by Gasteiger charge is 2.16. The molecule has 0 rings (SSSR count). The number of unbranched alkanes of at least 4 members (excludes halogenated alkanes) is 25. The SMILES string of the molecule is CCCCCCCCCCCCCCCCCCCCCCCCCCCC[N+](C)(C)CC(C)O. The Morgan fingerprint density at radius 1 is 0.429 bits per heavy atom. The molecule has 2 heteroatoms. The predicted molar refractivity (Wildman–Crippen MR) is 159 cm³/mol. The summed E-state index contributed by atoms with van der Waals surface area (Å²) >= 11 is 0. The van der Waals surface area contributed by atoms with Crippen LogP contribution in [0.2, 0.25) is 0 Å². The van der Waals surface area contributed by atoms with Crippen LogP contribution in [0.1, 0.15) is 181 Å². The molecule has 0 saturated carbocycles. The highest BCUT2D eigenvalue weighted by Crippen LogP contribution is 2.16. The number of hydrogen-bond acceptors (Lipinski definition) is 1. The molecule has 2 nitrogen and oxygen atoms in total. The highest BCUT2D eigenvalue weighted by molar-refractivity contribution is 4.52. The fourth-order valence-corrected chi connectivity index (χ4v) is 5.66. The summed E-state index contributed by atoms with van der Waals surface area (Å²) in [4.78, 5) is 0. The van der Waals surface area contributed by atoms with E-state index in [1.807, 2.05) is 6.92 Å². The second kappa shape index (κ2) is 27.0. The van der Waals surface area contributed by atoms with Crippen LogP contribution in [0, 0.1) is 0 Å². The lowest BCUT2D eigenvalue weighted by Crippen LogP contribution is -2.45. The molecule has 0 aliphatic heterocycles. The summed E-state index contributed by atoms with van der Waals surface area (Å²) in [5, 5.41) is 9.57. The Kier molecular flexibility index (Phi) is 26.9. The fraction of sp³-hybridized carbons (Fsp3) is 1.00.